The molecule has 3 nitrogen and oxygen atoms in total. The smallest absolute Gasteiger partial charge is 0.117 e. The molecule has 1 aromatic rings. The molecule has 0 radical (unpaired) electrons. The first kappa shape index (κ1) is 13.2. The lowest BCUT2D eigenvalue weighted by Crippen LogP contribution is -2.35. The van der Waals surface area contributed by atoms with Crippen LogP contribution in [0.1, 0.15) is 50.0 Å². The van der Waals surface area contributed by atoms with Crippen molar-refractivity contribution in [3.05, 3.63) is 23.7 Å². The van der Waals surface area contributed by atoms with Crippen LogP contribution in [-0.2, 0) is 6.54 Å². The van der Waals surface area contributed by atoms with E-state index < -0.39 is 0 Å². The Labute approximate surface area is 116 Å². The lowest BCUT2D eigenvalue weighted by atomic mass is 10.1. The van der Waals surface area contributed by atoms with Crippen LogP contribution in [-0.4, -0.2) is 31.1 Å². The van der Waals surface area contributed by atoms with Crippen LogP contribution in [0.5, 0.6) is 0 Å². The van der Waals surface area contributed by atoms with Gasteiger partial charge in [0.25, 0.3) is 0 Å². The molecule has 1 N–H and O–H groups in total. The minimum absolute atomic E-state index is 0.696. The van der Waals surface area contributed by atoms with Crippen LogP contribution >= 0.6 is 0 Å². The molecular weight excluding hydrogens is 236 g/mol. The largest absolute Gasteiger partial charge is 0.464 e. The highest BCUT2D eigenvalue weighted by Crippen LogP contribution is 2.47. The van der Waals surface area contributed by atoms with Crippen molar-refractivity contribution in [2.45, 2.75) is 45.1 Å². The molecule has 2 aliphatic rings. The van der Waals surface area contributed by atoms with Gasteiger partial charge in [0.15, 0.2) is 0 Å². The second kappa shape index (κ2) is 6.10. The molecule has 0 amide bonds. The molecule has 1 aliphatic heterocycles. The third kappa shape index (κ3) is 3.61. The zero-order valence-corrected chi connectivity index (χ0v) is 12.0. The topological polar surface area (TPSA) is 28.4 Å². The van der Waals surface area contributed by atoms with E-state index in [-0.39, 0.29) is 0 Å². The highest BCUT2D eigenvalue weighted by Gasteiger charge is 2.36. The second-order valence-corrected chi connectivity index (χ2v) is 6.20. The molecule has 19 heavy (non-hydrogen) atoms. The third-order valence-electron chi connectivity index (χ3n) is 4.51. The van der Waals surface area contributed by atoms with Crippen molar-refractivity contribution in [3.63, 3.8) is 0 Å². The Balaban J connectivity index is 1.34. The maximum Gasteiger partial charge on any atom is 0.117 e. The average Bonchev–Trinajstić information content (AvgIpc) is 2.99. The molecule has 2 fully saturated rings. The fourth-order valence-electron chi connectivity index (χ4n) is 3.04. The minimum atomic E-state index is 0.696. The molecular formula is C16H26N2O. The summed E-state index contributed by atoms with van der Waals surface area (Å²) in [5.74, 6) is 3.81. The van der Waals surface area contributed by atoms with E-state index in [4.69, 9.17) is 4.42 Å². The Morgan fingerprint density at radius 2 is 2.05 bits per heavy atom. The summed E-state index contributed by atoms with van der Waals surface area (Å²) in [4.78, 5) is 2.57. The predicted octanol–water partition coefficient (Wildman–Crippen LogP) is 2.98. The third-order valence-corrected chi connectivity index (χ3v) is 4.51. The van der Waals surface area contributed by atoms with Gasteiger partial charge in [0.05, 0.1) is 6.54 Å². The van der Waals surface area contributed by atoms with E-state index >= 15 is 0 Å². The van der Waals surface area contributed by atoms with Gasteiger partial charge < -0.3 is 14.6 Å². The Kier molecular flexibility index (Phi) is 4.24. The number of rotatable bonds is 6. The molecule has 2 unspecified atom stereocenters. The Hall–Kier alpha value is -0.800. The van der Waals surface area contributed by atoms with Crippen molar-refractivity contribution >= 4 is 0 Å². The maximum atomic E-state index is 5.89. The molecule has 0 aromatic carbocycles. The average molecular weight is 262 g/mol. The van der Waals surface area contributed by atoms with Crippen LogP contribution in [0.4, 0.5) is 0 Å². The van der Waals surface area contributed by atoms with Gasteiger partial charge in [-0.25, -0.2) is 0 Å². The number of likely N-dealkylation sites (tertiary alicyclic amines) is 1. The molecule has 3 heteroatoms. The van der Waals surface area contributed by atoms with Crippen LogP contribution in [0.15, 0.2) is 16.5 Å². The minimum Gasteiger partial charge on any atom is -0.464 e. The van der Waals surface area contributed by atoms with Gasteiger partial charge in [-0.1, -0.05) is 13.3 Å². The van der Waals surface area contributed by atoms with Gasteiger partial charge in [0, 0.05) is 19.0 Å². The standard InChI is InChI=1S/C16H26N2O/c1-13-11-15(13)16-6-5-14(19-16)12-17-7-10-18-8-3-2-4-9-18/h5-6,13,15,17H,2-4,7-12H2,1H3. The van der Waals surface area contributed by atoms with Gasteiger partial charge in [0.2, 0.25) is 0 Å². The van der Waals surface area contributed by atoms with Crippen molar-refractivity contribution in [2.75, 3.05) is 26.2 Å². The van der Waals surface area contributed by atoms with Gasteiger partial charge in [-0.05, 0) is 50.4 Å². The normalized spacial score (nSPS) is 27.6. The Bertz CT molecular complexity index is 395. The first-order chi connectivity index (χ1) is 9.33. The van der Waals surface area contributed by atoms with Crippen LogP contribution in [0.25, 0.3) is 0 Å². The summed E-state index contributed by atoms with van der Waals surface area (Å²) in [6.07, 6.45) is 5.47. The monoisotopic (exact) mass is 262 g/mol. The number of hydrogen-bond acceptors (Lipinski definition) is 3. The number of piperidine rings is 1. The summed E-state index contributed by atoms with van der Waals surface area (Å²) in [7, 11) is 0. The van der Waals surface area contributed by atoms with Gasteiger partial charge in [0.1, 0.15) is 11.5 Å². The number of nitrogens with one attached hydrogen (secondary N) is 1. The summed E-state index contributed by atoms with van der Waals surface area (Å²) < 4.78 is 5.89. The molecule has 2 heterocycles. The van der Waals surface area contributed by atoms with Crippen LogP contribution in [0.3, 0.4) is 0 Å². The Morgan fingerprint density at radius 3 is 2.79 bits per heavy atom. The van der Waals surface area contributed by atoms with Crippen molar-refractivity contribution in [1.29, 1.82) is 0 Å². The van der Waals surface area contributed by atoms with Gasteiger partial charge >= 0.3 is 0 Å². The van der Waals surface area contributed by atoms with Gasteiger partial charge in [-0.2, -0.15) is 0 Å². The molecule has 1 aromatic heterocycles. The first-order valence-electron chi connectivity index (χ1n) is 7.84. The lowest BCUT2D eigenvalue weighted by molar-refractivity contribution is 0.228. The van der Waals surface area contributed by atoms with E-state index in [1.54, 1.807) is 0 Å². The Morgan fingerprint density at radius 1 is 1.26 bits per heavy atom. The van der Waals surface area contributed by atoms with E-state index in [0.29, 0.717) is 5.92 Å². The second-order valence-electron chi connectivity index (χ2n) is 6.20. The van der Waals surface area contributed by atoms with E-state index in [1.807, 2.05) is 0 Å². The number of hydrogen-bond donors (Lipinski definition) is 1. The summed E-state index contributed by atoms with van der Waals surface area (Å²) in [5, 5.41) is 3.50. The van der Waals surface area contributed by atoms with E-state index in [2.05, 4.69) is 29.3 Å². The predicted molar refractivity (Wildman–Crippen MR) is 77.2 cm³/mol. The number of nitrogens with zero attached hydrogens (tertiary/aromatic N) is 1. The van der Waals surface area contributed by atoms with Gasteiger partial charge in [-0.3, -0.25) is 0 Å². The molecule has 0 spiro atoms. The zero-order valence-electron chi connectivity index (χ0n) is 12.0. The molecule has 1 aliphatic carbocycles. The molecule has 3 rings (SSSR count). The lowest BCUT2D eigenvalue weighted by Gasteiger charge is -2.26. The van der Waals surface area contributed by atoms with Crippen LogP contribution in [0, 0.1) is 5.92 Å². The van der Waals surface area contributed by atoms with Crippen molar-refractivity contribution in [2.24, 2.45) is 5.92 Å². The molecule has 0 bridgehead atoms. The highest BCUT2D eigenvalue weighted by atomic mass is 16.3. The molecule has 2 atom stereocenters. The summed E-state index contributed by atoms with van der Waals surface area (Å²) in [6, 6.07) is 4.30. The fourth-order valence-corrected chi connectivity index (χ4v) is 3.04. The summed E-state index contributed by atoms with van der Waals surface area (Å²) in [6.45, 7) is 7.97. The number of furan rings is 1. The SMILES string of the molecule is CC1CC1c1ccc(CNCCN2CCCCC2)o1. The van der Waals surface area contributed by atoms with E-state index in [9.17, 15) is 0 Å². The van der Waals surface area contributed by atoms with Crippen LogP contribution < -0.4 is 5.32 Å². The molecule has 106 valence electrons. The highest BCUT2D eigenvalue weighted by molar-refractivity contribution is 5.17. The maximum absolute atomic E-state index is 5.89. The fraction of sp³-hybridized carbons (Fsp3) is 0.750. The van der Waals surface area contributed by atoms with Crippen molar-refractivity contribution in [1.82, 2.24) is 10.2 Å². The first-order valence-corrected chi connectivity index (χ1v) is 7.84. The van der Waals surface area contributed by atoms with Gasteiger partial charge in [-0.15, -0.1) is 0 Å². The van der Waals surface area contributed by atoms with E-state index in [1.165, 1.54) is 51.1 Å². The zero-order chi connectivity index (χ0) is 13.1. The molecule has 1 saturated carbocycles. The quantitative estimate of drug-likeness (QED) is 0.799. The molecule has 1 saturated heterocycles. The summed E-state index contributed by atoms with van der Waals surface area (Å²) in [5.41, 5.74) is 0. The van der Waals surface area contributed by atoms with Crippen molar-refractivity contribution < 1.29 is 4.42 Å². The summed E-state index contributed by atoms with van der Waals surface area (Å²) >= 11 is 0. The van der Waals surface area contributed by atoms with E-state index in [0.717, 1.165) is 24.8 Å². The van der Waals surface area contributed by atoms with Crippen LogP contribution in [0.2, 0.25) is 0 Å². The van der Waals surface area contributed by atoms with Crippen molar-refractivity contribution in [3.8, 4) is 0 Å².